The Kier molecular flexibility index (Phi) is 6.13. The molecule has 0 radical (unpaired) electrons. The molecule has 0 saturated carbocycles. The van der Waals surface area contributed by atoms with Crippen LogP contribution in [0.1, 0.15) is 33.3 Å². The Morgan fingerprint density at radius 2 is 1.75 bits per heavy atom. The molecule has 154 valence electrons. The van der Waals surface area contributed by atoms with E-state index in [9.17, 15) is 9.59 Å². The Hall–Kier alpha value is -2.28. The number of piperazine rings is 2. The number of carbonyl (C=O) groups excluding carboxylic acids is 2. The van der Waals surface area contributed by atoms with Crippen LogP contribution >= 0.6 is 0 Å². The van der Waals surface area contributed by atoms with Gasteiger partial charge >= 0.3 is 12.2 Å². The van der Waals surface area contributed by atoms with E-state index < -0.39 is 5.60 Å². The molecule has 0 aliphatic carbocycles. The van der Waals surface area contributed by atoms with Crippen LogP contribution in [0.5, 0.6) is 0 Å². The highest BCUT2D eigenvalue weighted by Gasteiger charge is 2.40. The average Bonchev–Trinajstić information content (AvgIpc) is 2.64. The molecular weight excluding hydrogens is 358 g/mol. The lowest BCUT2D eigenvalue weighted by Gasteiger charge is -2.49. The van der Waals surface area contributed by atoms with Gasteiger partial charge in [-0.3, -0.25) is 4.90 Å². The summed E-state index contributed by atoms with van der Waals surface area (Å²) < 4.78 is 11.0. The van der Waals surface area contributed by atoms with Crippen molar-refractivity contribution in [1.29, 1.82) is 0 Å². The van der Waals surface area contributed by atoms with Crippen LogP contribution in [0.4, 0.5) is 9.59 Å². The molecule has 2 fully saturated rings. The molecule has 2 aliphatic rings. The standard InChI is InChI=1S/C21H31N3O4/c1-16-12-22-10-11-23(19(25)27-15-17-8-6-5-7-9-17)13-18(22)14-24(16)20(26)28-21(2,3)4/h5-9,16,18H,10-15H2,1-4H3/t16-,18+/m0/s1. The fraction of sp³-hybridized carbons (Fsp3) is 0.619. The van der Waals surface area contributed by atoms with Gasteiger partial charge in [-0.25, -0.2) is 9.59 Å². The maximum absolute atomic E-state index is 12.6. The molecule has 2 saturated heterocycles. The Morgan fingerprint density at radius 3 is 2.43 bits per heavy atom. The zero-order valence-corrected chi connectivity index (χ0v) is 17.3. The third kappa shape index (κ3) is 5.16. The highest BCUT2D eigenvalue weighted by molar-refractivity contribution is 5.69. The monoisotopic (exact) mass is 389 g/mol. The Balaban J connectivity index is 1.56. The number of hydrogen-bond donors (Lipinski definition) is 0. The summed E-state index contributed by atoms with van der Waals surface area (Å²) in [6.45, 7) is 11.3. The highest BCUT2D eigenvalue weighted by atomic mass is 16.6. The molecule has 0 aromatic heterocycles. The summed E-state index contributed by atoms with van der Waals surface area (Å²) in [5.41, 5.74) is 0.449. The molecule has 2 heterocycles. The van der Waals surface area contributed by atoms with Gasteiger partial charge in [-0.1, -0.05) is 30.3 Å². The van der Waals surface area contributed by atoms with Gasteiger partial charge in [0.2, 0.25) is 0 Å². The van der Waals surface area contributed by atoms with E-state index in [1.54, 1.807) is 9.80 Å². The molecule has 2 amide bonds. The predicted molar refractivity (Wildman–Crippen MR) is 106 cm³/mol. The molecule has 0 N–H and O–H groups in total. The smallest absolute Gasteiger partial charge is 0.410 e. The van der Waals surface area contributed by atoms with Crippen LogP contribution in [-0.2, 0) is 16.1 Å². The molecule has 0 unspecified atom stereocenters. The van der Waals surface area contributed by atoms with E-state index in [0.717, 1.165) is 18.7 Å². The Morgan fingerprint density at radius 1 is 1.04 bits per heavy atom. The van der Waals surface area contributed by atoms with Gasteiger partial charge in [0, 0.05) is 44.8 Å². The lowest BCUT2D eigenvalue weighted by Crippen LogP contribution is -2.66. The van der Waals surface area contributed by atoms with Crippen molar-refractivity contribution in [3.63, 3.8) is 0 Å². The first-order valence-corrected chi connectivity index (χ1v) is 9.92. The van der Waals surface area contributed by atoms with Crippen LogP contribution in [0.25, 0.3) is 0 Å². The molecule has 2 aliphatic heterocycles. The van der Waals surface area contributed by atoms with E-state index >= 15 is 0 Å². The summed E-state index contributed by atoms with van der Waals surface area (Å²) in [4.78, 5) is 30.9. The van der Waals surface area contributed by atoms with Crippen molar-refractivity contribution in [2.75, 3.05) is 32.7 Å². The second-order valence-electron chi connectivity index (χ2n) is 8.62. The molecule has 1 aromatic rings. The maximum atomic E-state index is 12.6. The number of ether oxygens (including phenoxy) is 2. The number of hydrogen-bond acceptors (Lipinski definition) is 5. The van der Waals surface area contributed by atoms with Crippen molar-refractivity contribution in [2.24, 2.45) is 0 Å². The normalized spacial score (nSPS) is 23.1. The average molecular weight is 389 g/mol. The fourth-order valence-corrected chi connectivity index (χ4v) is 3.70. The highest BCUT2D eigenvalue weighted by Crippen LogP contribution is 2.22. The Bertz CT molecular complexity index is 689. The van der Waals surface area contributed by atoms with Gasteiger partial charge in [-0.15, -0.1) is 0 Å². The van der Waals surface area contributed by atoms with Gasteiger partial charge in [-0.2, -0.15) is 0 Å². The van der Waals surface area contributed by atoms with Crippen LogP contribution < -0.4 is 0 Å². The molecule has 7 heteroatoms. The second kappa shape index (κ2) is 8.39. The number of amides is 2. The molecule has 0 spiro atoms. The second-order valence-corrected chi connectivity index (χ2v) is 8.62. The molecule has 1 aromatic carbocycles. The zero-order valence-electron chi connectivity index (χ0n) is 17.3. The van der Waals surface area contributed by atoms with Gasteiger partial charge < -0.3 is 19.3 Å². The minimum absolute atomic E-state index is 0.0858. The first kappa shape index (κ1) is 20.5. The largest absolute Gasteiger partial charge is 0.445 e. The van der Waals surface area contributed by atoms with Crippen molar-refractivity contribution in [2.45, 2.75) is 52.0 Å². The van der Waals surface area contributed by atoms with Gasteiger partial charge in [-0.05, 0) is 33.3 Å². The van der Waals surface area contributed by atoms with Crippen LogP contribution in [0, 0.1) is 0 Å². The minimum Gasteiger partial charge on any atom is -0.445 e. The minimum atomic E-state index is -0.520. The van der Waals surface area contributed by atoms with Crippen molar-refractivity contribution < 1.29 is 19.1 Å². The van der Waals surface area contributed by atoms with Crippen LogP contribution in [0.15, 0.2) is 30.3 Å². The van der Waals surface area contributed by atoms with Crippen molar-refractivity contribution in [3.8, 4) is 0 Å². The zero-order chi connectivity index (χ0) is 20.3. The third-order valence-corrected chi connectivity index (χ3v) is 5.13. The number of nitrogens with zero attached hydrogens (tertiary/aromatic N) is 3. The lowest BCUT2D eigenvalue weighted by atomic mass is 10.0. The topological polar surface area (TPSA) is 62.3 Å². The SMILES string of the molecule is C[C@H]1CN2CCN(C(=O)OCc3ccccc3)C[C@@H]2CN1C(=O)OC(C)(C)C. The summed E-state index contributed by atoms with van der Waals surface area (Å²) in [6, 6.07) is 9.85. The lowest BCUT2D eigenvalue weighted by molar-refractivity contribution is -0.0320. The summed E-state index contributed by atoms with van der Waals surface area (Å²) in [5.74, 6) is 0. The molecule has 7 nitrogen and oxygen atoms in total. The van der Waals surface area contributed by atoms with E-state index in [0.29, 0.717) is 19.6 Å². The van der Waals surface area contributed by atoms with Crippen molar-refractivity contribution in [3.05, 3.63) is 35.9 Å². The predicted octanol–water partition coefficient (Wildman–Crippen LogP) is 2.95. The molecule has 28 heavy (non-hydrogen) atoms. The summed E-state index contributed by atoms with van der Waals surface area (Å²) in [6.07, 6.45) is -0.589. The summed E-state index contributed by atoms with van der Waals surface area (Å²) in [7, 11) is 0. The van der Waals surface area contributed by atoms with Crippen molar-refractivity contribution in [1.82, 2.24) is 14.7 Å². The van der Waals surface area contributed by atoms with Crippen LogP contribution in [0.3, 0.4) is 0 Å². The van der Waals surface area contributed by atoms with Crippen LogP contribution in [-0.4, -0.2) is 77.3 Å². The summed E-state index contributed by atoms with van der Waals surface area (Å²) in [5, 5.41) is 0. The van der Waals surface area contributed by atoms with E-state index in [2.05, 4.69) is 4.90 Å². The van der Waals surface area contributed by atoms with Gasteiger partial charge in [0.1, 0.15) is 12.2 Å². The third-order valence-electron chi connectivity index (χ3n) is 5.13. The molecular formula is C21H31N3O4. The number of carbonyl (C=O) groups is 2. The molecule has 3 rings (SSSR count). The number of rotatable bonds is 2. The quantitative estimate of drug-likeness (QED) is 0.778. The first-order valence-electron chi connectivity index (χ1n) is 9.92. The van der Waals surface area contributed by atoms with Crippen LogP contribution in [0.2, 0.25) is 0 Å². The molecule has 0 bridgehead atoms. The van der Waals surface area contributed by atoms with E-state index in [1.165, 1.54) is 0 Å². The van der Waals surface area contributed by atoms with E-state index in [4.69, 9.17) is 9.47 Å². The molecule has 2 atom stereocenters. The number of benzene rings is 1. The Labute approximate surface area is 167 Å². The van der Waals surface area contributed by atoms with Gasteiger partial charge in [0.05, 0.1) is 0 Å². The van der Waals surface area contributed by atoms with Crippen molar-refractivity contribution >= 4 is 12.2 Å². The van der Waals surface area contributed by atoms with Gasteiger partial charge in [0.15, 0.2) is 0 Å². The maximum Gasteiger partial charge on any atom is 0.410 e. The van der Waals surface area contributed by atoms with Gasteiger partial charge in [0.25, 0.3) is 0 Å². The van der Waals surface area contributed by atoms with E-state index in [-0.39, 0.29) is 30.9 Å². The fourth-order valence-electron chi connectivity index (χ4n) is 3.70. The number of fused-ring (bicyclic) bond motifs is 1. The first-order chi connectivity index (χ1) is 13.2. The van der Waals surface area contributed by atoms with E-state index in [1.807, 2.05) is 58.0 Å². The summed E-state index contributed by atoms with van der Waals surface area (Å²) >= 11 is 0.